The first-order chi connectivity index (χ1) is 7.70. The van der Waals surface area contributed by atoms with Crippen molar-refractivity contribution in [3.63, 3.8) is 0 Å². The molecule has 0 spiro atoms. The van der Waals surface area contributed by atoms with Gasteiger partial charge in [-0.1, -0.05) is 23.2 Å². The van der Waals surface area contributed by atoms with Gasteiger partial charge in [0.2, 0.25) is 0 Å². The Morgan fingerprint density at radius 1 is 1.41 bits per heavy atom. The van der Waals surface area contributed by atoms with Crippen LogP contribution in [0.2, 0.25) is 10.0 Å². The number of amides is 1. The lowest BCUT2D eigenvalue weighted by molar-refractivity contribution is 0.0368. The normalized spacial score (nSPS) is 11.4. The van der Waals surface area contributed by atoms with E-state index in [1.54, 1.807) is 33.0 Å². The number of carbonyl (C=O) groups is 1. The number of benzene rings is 1. The number of hydrogen-bond donors (Lipinski definition) is 1. The molecule has 0 aromatic heterocycles. The molecule has 0 aliphatic heterocycles. The third-order valence-corrected chi connectivity index (χ3v) is 2.68. The molecule has 0 bridgehead atoms. The van der Waals surface area contributed by atoms with Crippen LogP contribution in [0.4, 0.5) is 0 Å². The second kappa shape index (κ2) is 5.25. The third-order valence-electron chi connectivity index (χ3n) is 2.13. The van der Waals surface area contributed by atoms with E-state index < -0.39 is 5.60 Å². The number of carbonyl (C=O) groups excluding carboxylic acids is 1. The Labute approximate surface area is 111 Å². The van der Waals surface area contributed by atoms with Crippen LogP contribution in [0.15, 0.2) is 18.2 Å². The Balaban J connectivity index is 2.89. The number of rotatable bonds is 3. The van der Waals surface area contributed by atoms with Crippen molar-refractivity contribution in [3.05, 3.63) is 33.8 Å². The molecule has 1 N–H and O–H groups in total. The summed E-state index contributed by atoms with van der Waals surface area (Å²) in [7, 11) is 1.62. The van der Waals surface area contributed by atoms with Crippen LogP contribution in [-0.2, 0) is 0 Å². The Bertz CT molecular complexity index is 427. The van der Waals surface area contributed by atoms with E-state index in [1.807, 2.05) is 0 Å². The maximum atomic E-state index is 12.0. The molecule has 17 heavy (non-hydrogen) atoms. The number of halogens is 2. The van der Waals surface area contributed by atoms with Crippen LogP contribution in [0.1, 0.15) is 24.2 Å². The number of hydrogen-bond acceptors (Lipinski definition) is 2. The minimum absolute atomic E-state index is 0.227. The summed E-state index contributed by atoms with van der Waals surface area (Å²) in [5.41, 5.74) is -0.564. The standard InChI is InChI=1S/C12H15Cl2NO2/c1-12(2,17)7-15(3)11(16)9-5-4-8(13)6-10(9)14/h4-6,17H,7H2,1-3H3. The number of likely N-dealkylation sites (N-methyl/N-ethyl adjacent to an activating group) is 1. The monoisotopic (exact) mass is 275 g/mol. The predicted molar refractivity (Wildman–Crippen MR) is 69.7 cm³/mol. The van der Waals surface area contributed by atoms with Crippen LogP contribution >= 0.6 is 23.2 Å². The van der Waals surface area contributed by atoms with E-state index >= 15 is 0 Å². The van der Waals surface area contributed by atoms with E-state index in [-0.39, 0.29) is 12.5 Å². The molecule has 0 fully saturated rings. The van der Waals surface area contributed by atoms with Crippen molar-refractivity contribution in [1.82, 2.24) is 4.90 Å². The fraction of sp³-hybridized carbons (Fsp3) is 0.417. The zero-order valence-electron chi connectivity index (χ0n) is 10.00. The van der Waals surface area contributed by atoms with Crippen LogP contribution < -0.4 is 0 Å². The molecule has 0 aliphatic rings. The molecule has 1 rings (SSSR count). The van der Waals surface area contributed by atoms with E-state index in [4.69, 9.17) is 23.2 Å². The summed E-state index contributed by atoms with van der Waals surface area (Å²) < 4.78 is 0. The fourth-order valence-electron chi connectivity index (χ4n) is 1.52. The smallest absolute Gasteiger partial charge is 0.255 e. The third kappa shape index (κ3) is 4.19. The van der Waals surface area contributed by atoms with Crippen molar-refractivity contribution in [3.8, 4) is 0 Å². The Hall–Kier alpha value is -0.770. The van der Waals surface area contributed by atoms with Gasteiger partial charge in [-0.05, 0) is 32.0 Å². The predicted octanol–water partition coefficient (Wildman–Crippen LogP) is 2.84. The van der Waals surface area contributed by atoms with Gasteiger partial charge in [0.05, 0.1) is 16.2 Å². The van der Waals surface area contributed by atoms with E-state index in [9.17, 15) is 9.90 Å². The Morgan fingerprint density at radius 2 is 2.00 bits per heavy atom. The van der Waals surface area contributed by atoms with Crippen molar-refractivity contribution in [2.24, 2.45) is 0 Å². The molecule has 1 aromatic rings. The van der Waals surface area contributed by atoms with Gasteiger partial charge in [-0.3, -0.25) is 4.79 Å². The molecule has 0 atom stereocenters. The van der Waals surface area contributed by atoms with Gasteiger partial charge in [0, 0.05) is 18.6 Å². The summed E-state index contributed by atoms with van der Waals surface area (Å²) in [5, 5.41) is 10.4. The minimum atomic E-state index is -0.941. The van der Waals surface area contributed by atoms with Gasteiger partial charge in [0.25, 0.3) is 5.91 Å². The Kier molecular flexibility index (Phi) is 4.42. The molecular weight excluding hydrogens is 261 g/mol. The average molecular weight is 276 g/mol. The summed E-state index contributed by atoms with van der Waals surface area (Å²) in [5.74, 6) is -0.242. The van der Waals surface area contributed by atoms with E-state index in [1.165, 1.54) is 11.0 Å². The fourth-order valence-corrected chi connectivity index (χ4v) is 2.01. The van der Waals surface area contributed by atoms with E-state index in [0.29, 0.717) is 15.6 Å². The first-order valence-corrected chi connectivity index (χ1v) is 5.89. The van der Waals surface area contributed by atoms with Gasteiger partial charge in [0.1, 0.15) is 0 Å². The summed E-state index contributed by atoms with van der Waals surface area (Å²) in [4.78, 5) is 13.5. The number of aliphatic hydroxyl groups is 1. The Morgan fingerprint density at radius 3 is 2.47 bits per heavy atom. The van der Waals surface area contributed by atoms with Gasteiger partial charge >= 0.3 is 0 Å². The van der Waals surface area contributed by atoms with Crippen LogP contribution in [0, 0.1) is 0 Å². The molecule has 0 saturated carbocycles. The first kappa shape index (κ1) is 14.3. The maximum absolute atomic E-state index is 12.0. The molecule has 1 amide bonds. The van der Waals surface area contributed by atoms with Gasteiger partial charge in [-0.2, -0.15) is 0 Å². The highest BCUT2D eigenvalue weighted by atomic mass is 35.5. The number of nitrogens with zero attached hydrogens (tertiary/aromatic N) is 1. The molecule has 0 aliphatic carbocycles. The molecular formula is C12H15Cl2NO2. The van der Waals surface area contributed by atoms with E-state index in [0.717, 1.165) is 0 Å². The largest absolute Gasteiger partial charge is 0.389 e. The molecule has 0 saturated heterocycles. The quantitative estimate of drug-likeness (QED) is 0.922. The molecule has 0 heterocycles. The van der Waals surface area contributed by atoms with Crippen LogP contribution in [-0.4, -0.2) is 35.1 Å². The highest BCUT2D eigenvalue weighted by Gasteiger charge is 2.21. The molecule has 1 aromatic carbocycles. The zero-order chi connectivity index (χ0) is 13.2. The summed E-state index contributed by atoms with van der Waals surface area (Å²) in [6.07, 6.45) is 0. The van der Waals surface area contributed by atoms with Crippen molar-refractivity contribution in [2.45, 2.75) is 19.4 Å². The SMILES string of the molecule is CN(CC(C)(C)O)C(=O)c1ccc(Cl)cc1Cl. The van der Waals surface area contributed by atoms with Crippen molar-refractivity contribution in [2.75, 3.05) is 13.6 Å². The molecule has 94 valence electrons. The van der Waals surface area contributed by atoms with Crippen LogP contribution in [0.25, 0.3) is 0 Å². The molecule has 0 radical (unpaired) electrons. The second-order valence-electron chi connectivity index (χ2n) is 4.60. The maximum Gasteiger partial charge on any atom is 0.255 e. The molecule has 5 heteroatoms. The van der Waals surface area contributed by atoms with Gasteiger partial charge in [-0.25, -0.2) is 0 Å². The van der Waals surface area contributed by atoms with Crippen molar-refractivity contribution in [1.29, 1.82) is 0 Å². The highest BCUT2D eigenvalue weighted by Crippen LogP contribution is 2.22. The highest BCUT2D eigenvalue weighted by molar-refractivity contribution is 6.36. The lowest BCUT2D eigenvalue weighted by atomic mass is 10.1. The van der Waals surface area contributed by atoms with Crippen molar-refractivity contribution < 1.29 is 9.90 Å². The van der Waals surface area contributed by atoms with Crippen LogP contribution in [0.5, 0.6) is 0 Å². The van der Waals surface area contributed by atoms with Crippen LogP contribution in [0.3, 0.4) is 0 Å². The summed E-state index contributed by atoms with van der Waals surface area (Å²) in [6, 6.07) is 4.71. The first-order valence-electron chi connectivity index (χ1n) is 5.13. The molecule has 3 nitrogen and oxygen atoms in total. The lowest BCUT2D eigenvalue weighted by Gasteiger charge is -2.25. The summed E-state index contributed by atoms with van der Waals surface area (Å²) in [6.45, 7) is 3.51. The van der Waals surface area contributed by atoms with Gasteiger partial charge in [0.15, 0.2) is 0 Å². The second-order valence-corrected chi connectivity index (χ2v) is 5.44. The van der Waals surface area contributed by atoms with Gasteiger partial charge < -0.3 is 10.0 Å². The van der Waals surface area contributed by atoms with Crippen molar-refractivity contribution >= 4 is 29.1 Å². The van der Waals surface area contributed by atoms with E-state index in [2.05, 4.69) is 0 Å². The van der Waals surface area contributed by atoms with Gasteiger partial charge in [-0.15, -0.1) is 0 Å². The minimum Gasteiger partial charge on any atom is -0.389 e. The zero-order valence-corrected chi connectivity index (χ0v) is 11.5. The lowest BCUT2D eigenvalue weighted by Crippen LogP contribution is -2.39. The molecule has 0 unspecified atom stereocenters. The summed E-state index contributed by atoms with van der Waals surface area (Å²) >= 11 is 11.7. The topological polar surface area (TPSA) is 40.5 Å². The average Bonchev–Trinajstić information content (AvgIpc) is 2.14.